The summed E-state index contributed by atoms with van der Waals surface area (Å²) in [4.78, 5) is 16.0. The first-order chi connectivity index (χ1) is 9.52. The topological polar surface area (TPSA) is 62.7 Å². The van der Waals surface area contributed by atoms with Crippen molar-refractivity contribution in [3.05, 3.63) is 23.7 Å². The molecule has 1 aromatic rings. The van der Waals surface area contributed by atoms with Gasteiger partial charge in [-0.15, -0.1) is 0 Å². The number of likely N-dealkylation sites (N-methyl/N-ethyl adjacent to an activating group) is 1. The average molecular weight is 279 g/mol. The summed E-state index contributed by atoms with van der Waals surface area (Å²) >= 11 is 0. The first kappa shape index (κ1) is 15.1. The Morgan fingerprint density at radius 2 is 2.15 bits per heavy atom. The number of aryl methyl sites for hydroxylation is 1. The standard InChI is InChI=1S/C15H25N3O2/c1-4-12(16)15(13-7-6-11(2)20-13)18-9-5-8-17(3)14(19)10-18/h6-7,12,15H,4-5,8-10,16H2,1-3H3. The molecule has 2 N–H and O–H groups in total. The lowest BCUT2D eigenvalue weighted by atomic mass is 10.0. The fraction of sp³-hybridized carbons (Fsp3) is 0.667. The summed E-state index contributed by atoms with van der Waals surface area (Å²) in [5, 5.41) is 0. The third kappa shape index (κ3) is 3.22. The van der Waals surface area contributed by atoms with E-state index in [0.29, 0.717) is 6.54 Å². The molecule has 2 atom stereocenters. The zero-order chi connectivity index (χ0) is 14.7. The van der Waals surface area contributed by atoms with Crippen molar-refractivity contribution in [2.24, 2.45) is 5.73 Å². The molecule has 5 nitrogen and oxygen atoms in total. The maximum atomic E-state index is 12.1. The van der Waals surface area contributed by atoms with Gasteiger partial charge >= 0.3 is 0 Å². The zero-order valence-corrected chi connectivity index (χ0v) is 12.6. The van der Waals surface area contributed by atoms with Crippen LogP contribution in [0.2, 0.25) is 0 Å². The molecule has 0 bridgehead atoms. The second-order valence-electron chi connectivity index (χ2n) is 5.60. The number of carbonyl (C=O) groups excluding carboxylic acids is 1. The molecule has 2 heterocycles. The largest absolute Gasteiger partial charge is 0.465 e. The normalized spacial score (nSPS) is 20.8. The van der Waals surface area contributed by atoms with E-state index in [4.69, 9.17) is 10.2 Å². The van der Waals surface area contributed by atoms with Crippen LogP contribution in [-0.4, -0.2) is 48.4 Å². The first-order valence-corrected chi connectivity index (χ1v) is 7.33. The molecule has 0 aromatic carbocycles. The lowest BCUT2D eigenvalue weighted by molar-refractivity contribution is -0.130. The summed E-state index contributed by atoms with van der Waals surface area (Å²) in [6.07, 6.45) is 1.82. The van der Waals surface area contributed by atoms with Crippen molar-refractivity contribution in [1.82, 2.24) is 9.80 Å². The van der Waals surface area contributed by atoms with Crippen LogP contribution in [-0.2, 0) is 4.79 Å². The Hall–Kier alpha value is -1.33. The number of nitrogens with zero attached hydrogens (tertiary/aromatic N) is 2. The Kier molecular flexibility index (Phi) is 4.83. The number of rotatable bonds is 4. The average Bonchev–Trinajstić information content (AvgIpc) is 2.76. The molecule has 2 rings (SSSR count). The highest BCUT2D eigenvalue weighted by atomic mass is 16.3. The van der Waals surface area contributed by atoms with E-state index in [1.807, 2.05) is 26.1 Å². The molecule has 0 aliphatic carbocycles. The van der Waals surface area contributed by atoms with E-state index in [9.17, 15) is 4.79 Å². The molecule has 1 aliphatic rings. The van der Waals surface area contributed by atoms with E-state index in [1.54, 1.807) is 4.90 Å². The molecule has 1 fully saturated rings. The van der Waals surface area contributed by atoms with Gasteiger partial charge in [-0.25, -0.2) is 0 Å². The van der Waals surface area contributed by atoms with E-state index in [0.717, 1.165) is 37.5 Å². The van der Waals surface area contributed by atoms with Gasteiger partial charge in [0.2, 0.25) is 5.91 Å². The molecule has 0 spiro atoms. The van der Waals surface area contributed by atoms with Gasteiger partial charge in [0.15, 0.2) is 0 Å². The molecular weight excluding hydrogens is 254 g/mol. The van der Waals surface area contributed by atoms with E-state index >= 15 is 0 Å². The van der Waals surface area contributed by atoms with Crippen molar-refractivity contribution < 1.29 is 9.21 Å². The minimum absolute atomic E-state index is 0.0239. The Labute approximate surface area is 120 Å². The van der Waals surface area contributed by atoms with Gasteiger partial charge in [0, 0.05) is 26.2 Å². The lowest BCUT2D eigenvalue weighted by Crippen LogP contribution is -2.43. The predicted octanol–water partition coefficient (Wildman–Crippen LogP) is 1.53. The Balaban J connectivity index is 2.24. The second-order valence-corrected chi connectivity index (χ2v) is 5.60. The van der Waals surface area contributed by atoms with Crippen molar-refractivity contribution in [3.8, 4) is 0 Å². The summed E-state index contributed by atoms with van der Waals surface area (Å²) < 4.78 is 5.78. The summed E-state index contributed by atoms with van der Waals surface area (Å²) in [6, 6.07) is 3.88. The Morgan fingerprint density at radius 1 is 1.40 bits per heavy atom. The summed E-state index contributed by atoms with van der Waals surface area (Å²) in [6.45, 7) is 6.09. The maximum Gasteiger partial charge on any atom is 0.236 e. The van der Waals surface area contributed by atoms with Gasteiger partial charge in [0.1, 0.15) is 11.5 Å². The Bertz CT molecular complexity index is 458. The van der Waals surface area contributed by atoms with E-state index in [2.05, 4.69) is 11.8 Å². The first-order valence-electron chi connectivity index (χ1n) is 7.33. The van der Waals surface area contributed by atoms with Crippen LogP contribution in [0.25, 0.3) is 0 Å². The van der Waals surface area contributed by atoms with Gasteiger partial charge < -0.3 is 15.1 Å². The molecule has 112 valence electrons. The number of carbonyl (C=O) groups is 1. The van der Waals surface area contributed by atoms with E-state index < -0.39 is 0 Å². The van der Waals surface area contributed by atoms with Gasteiger partial charge in [0.25, 0.3) is 0 Å². The van der Waals surface area contributed by atoms with Crippen LogP contribution in [0.5, 0.6) is 0 Å². The van der Waals surface area contributed by atoms with Crippen LogP contribution in [0.1, 0.15) is 37.3 Å². The quantitative estimate of drug-likeness (QED) is 0.908. The monoisotopic (exact) mass is 279 g/mol. The van der Waals surface area contributed by atoms with E-state index in [-0.39, 0.29) is 18.0 Å². The van der Waals surface area contributed by atoms with Crippen molar-refractivity contribution in [2.45, 2.75) is 38.8 Å². The number of furan rings is 1. The maximum absolute atomic E-state index is 12.1. The number of nitrogens with two attached hydrogens (primary N) is 1. The van der Waals surface area contributed by atoms with Crippen molar-refractivity contribution >= 4 is 5.91 Å². The third-order valence-electron chi connectivity index (χ3n) is 4.03. The molecule has 1 aliphatic heterocycles. The highest BCUT2D eigenvalue weighted by molar-refractivity contribution is 5.78. The van der Waals surface area contributed by atoms with Crippen molar-refractivity contribution in [3.63, 3.8) is 0 Å². The Morgan fingerprint density at radius 3 is 2.75 bits per heavy atom. The molecule has 5 heteroatoms. The molecule has 1 amide bonds. The van der Waals surface area contributed by atoms with Crippen LogP contribution >= 0.6 is 0 Å². The minimum atomic E-state index is -0.0308. The van der Waals surface area contributed by atoms with Gasteiger partial charge in [-0.2, -0.15) is 0 Å². The summed E-state index contributed by atoms with van der Waals surface area (Å²) in [5.41, 5.74) is 6.29. The van der Waals surface area contributed by atoms with Crippen LogP contribution in [0, 0.1) is 6.92 Å². The highest BCUT2D eigenvalue weighted by Crippen LogP contribution is 2.27. The molecule has 20 heavy (non-hydrogen) atoms. The third-order valence-corrected chi connectivity index (χ3v) is 4.03. The molecular formula is C15H25N3O2. The highest BCUT2D eigenvalue weighted by Gasteiger charge is 2.31. The van der Waals surface area contributed by atoms with Crippen LogP contribution in [0.4, 0.5) is 0 Å². The SMILES string of the molecule is CCC(N)C(c1ccc(C)o1)N1CCCN(C)C(=O)C1. The van der Waals surface area contributed by atoms with Crippen LogP contribution in [0.15, 0.2) is 16.5 Å². The smallest absolute Gasteiger partial charge is 0.236 e. The van der Waals surface area contributed by atoms with Crippen molar-refractivity contribution in [2.75, 3.05) is 26.7 Å². The molecule has 0 radical (unpaired) electrons. The fourth-order valence-corrected chi connectivity index (χ4v) is 2.74. The molecule has 0 saturated carbocycles. The van der Waals surface area contributed by atoms with Gasteiger partial charge in [-0.05, 0) is 31.9 Å². The number of hydrogen-bond donors (Lipinski definition) is 1. The van der Waals surface area contributed by atoms with Crippen molar-refractivity contribution in [1.29, 1.82) is 0 Å². The molecule has 2 unspecified atom stereocenters. The van der Waals surface area contributed by atoms with Gasteiger partial charge in [-0.3, -0.25) is 9.69 Å². The summed E-state index contributed by atoms with van der Waals surface area (Å²) in [5.74, 6) is 1.90. The fourth-order valence-electron chi connectivity index (χ4n) is 2.74. The molecule has 1 aromatic heterocycles. The van der Waals surface area contributed by atoms with Crippen LogP contribution < -0.4 is 5.73 Å². The van der Waals surface area contributed by atoms with Gasteiger partial charge in [0.05, 0.1) is 12.6 Å². The van der Waals surface area contributed by atoms with Gasteiger partial charge in [-0.1, -0.05) is 6.92 Å². The molecule has 1 saturated heterocycles. The zero-order valence-electron chi connectivity index (χ0n) is 12.6. The van der Waals surface area contributed by atoms with Crippen LogP contribution in [0.3, 0.4) is 0 Å². The minimum Gasteiger partial charge on any atom is -0.465 e. The second kappa shape index (κ2) is 6.41. The number of amides is 1. The predicted molar refractivity (Wildman–Crippen MR) is 78.3 cm³/mol. The lowest BCUT2D eigenvalue weighted by Gasteiger charge is -2.32. The van der Waals surface area contributed by atoms with E-state index in [1.165, 1.54) is 0 Å². The summed E-state index contributed by atoms with van der Waals surface area (Å²) in [7, 11) is 1.86. The number of hydrogen-bond acceptors (Lipinski definition) is 4.